The van der Waals surface area contributed by atoms with Crippen LogP contribution in [0.25, 0.3) is 0 Å². The number of piperazine rings is 1. The lowest BCUT2D eigenvalue weighted by molar-refractivity contribution is -0.229. The number of alkyl carbamates (subject to hydrolysis) is 1. The van der Waals surface area contributed by atoms with Gasteiger partial charge in [-0.05, 0) is 49.2 Å². The number of ether oxygens (including phenoxy) is 3. The lowest BCUT2D eigenvalue weighted by Crippen LogP contribution is -2.56. The molecule has 2 heterocycles. The van der Waals surface area contributed by atoms with E-state index in [9.17, 15) is 18.3 Å². The van der Waals surface area contributed by atoms with Crippen molar-refractivity contribution in [3.63, 3.8) is 0 Å². The number of likely N-dealkylation sites (N-methyl/N-ethyl adjacent to an activating group) is 1. The average Bonchev–Trinajstić information content (AvgIpc) is 3.50. The number of nitrogen functional groups attached to an aromatic ring is 1. The maximum atomic E-state index is 14.0. The summed E-state index contributed by atoms with van der Waals surface area (Å²) < 4.78 is 46.7. The van der Waals surface area contributed by atoms with Gasteiger partial charge in [-0.1, -0.05) is 44.2 Å². The number of nitrogens with one attached hydrogen (secondary N) is 1. The molecule has 4 N–H and O–H groups in total. The summed E-state index contributed by atoms with van der Waals surface area (Å²) in [5.74, 6) is -0.0189. The van der Waals surface area contributed by atoms with Crippen molar-refractivity contribution < 1.29 is 32.5 Å². The van der Waals surface area contributed by atoms with Crippen molar-refractivity contribution in [3.8, 4) is 0 Å². The molecule has 0 aliphatic carbocycles. The minimum absolute atomic E-state index is 0.0189. The van der Waals surface area contributed by atoms with Crippen LogP contribution in [-0.2, 0) is 30.7 Å². The standard InChI is InChI=1S/C31H47N5O7S/c1-23(2)20-36(44(39,40)27-11-9-25(32)10-12-27)21-29(43-31(38)35-16-14-34(3)15-17-35)28(19-24-7-5-4-6-8-24)33-30(37)42-26-13-18-41-22-26/h4-12,23,26,28-29,31,38H,13-22,32H2,1-3H3,(H,33,37)/t26-,28-,29+,31?/m0/s1. The second kappa shape index (κ2) is 16.0. The van der Waals surface area contributed by atoms with Crippen molar-refractivity contribution in [2.75, 3.05) is 65.3 Å². The maximum Gasteiger partial charge on any atom is 0.407 e. The molecule has 4 rings (SSSR count). The van der Waals surface area contributed by atoms with Crippen LogP contribution in [0.2, 0.25) is 0 Å². The summed E-state index contributed by atoms with van der Waals surface area (Å²) in [6.45, 7) is 7.41. The van der Waals surface area contributed by atoms with E-state index >= 15 is 0 Å². The van der Waals surface area contributed by atoms with Crippen LogP contribution in [0.3, 0.4) is 0 Å². The first kappa shape index (κ1) is 34.1. The quantitative estimate of drug-likeness (QED) is 0.208. The van der Waals surface area contributed by atoms with Crippen molar-refractivity contribution in [1.29, 1.82) is 0 Å². The molecule has 1 amide bonds. The first-order chi connectivity index (χ1) is 21.0. The zero-order valence-corrected chi connectivity index (χ0v) is 26.7. The zero-order valence-electron chi connectivity index (χ0n) is 25.9. The second-order valence-corrected chi connectivity index (χ2v) is 13.9. The first-order valence-corrected chi connectivity index (χ1v) is 16.7. The molecule has 2 fully saturated rings. The molecule has 0 radical (unpaired) electrons. The predicted octanol–water partition coefficient (Wildman–Crippen LogP) is 1.95. The minimum atomic E-state index is -3.99. The van der Waals surface area contributed by atoms with E-state index in [0.717, 1.165) is 18.7 Å². The molecule has 2 aromatic rings. The Kier molecular flexibility index (Phi) is 12.4. The molecule has 13 heteroatoms. The number of hydrogen-bond acceptors (Lipinski definition) is 10. The fourth-order valence-electron chi connectivity index (χ4n) is 5.30. The van der Waals surface area contributed by atoms with Crippen LogP contribution in [0.5, 0.6) is 0 Å². The lowest BCUT2D eigenvalue weighted by atomic mass is 10.0. The van der Waals surface area contributed by atoms with Crippen LogP contribution in [0.4, 0.5) is 10.5 Å². The Hall–Kier alpha value is -2.78. The molecule has 4 atom stereocenters. The summed E-state index contributed by atoms with van der Waals surface area (Å²) in [7, 11) is -1.98. The van der Waals surface area contributed by atoms with Crippen molar-refractivity contribution in [1.82, 2.24) is 19.4 Å². The SMILES string of the molecule is CC(C)CN(C[C@@H](OC(O)N1CCN(C)CC1)[C@H](Cc1ccccc1)NC(=O)O[C@H]1CCOC1)S(=O)(=O)c1ccc(N)cc1. The predicted molar refractivity (Wildman–Crippen MR) is 167 cm³/mol. The van der Waals surface area contributed by atoms with Gasteiger partial charge in [0.25, 0.3) is 0 Å². The fraction of sp³-hybridized carbons (Fsp3) is 0.581. The number of benzene rings is 2. The van der Waals surface area contributed by atoms with E-state index < -0.39 is 34.7 Å². The lowest BCUT2D eigenvalue weighted by Gasteiger charge is -2.39. The van der Waals surface area contributed by atoms with Crippen LogP contribution in [0.15, 0.2) is 59.5 Å². The largest absolute Gasteiger partial charge is 0.444 e. The molecule has 0 bridgehead atoms. The number of anilines is 1. The Morgan fingerprint density at radius 3 is 2.39 bits per heavy atom. The van der Waals surface area contributed by atoms with Crippen LogP contribution < -0.4 is 11.1 Å². The number of carbonyl (C=O) groups is 1. The van der Waals surface area contributed by atoms with Gasteiger partial charge in [0, 0.05) is 51.4 Å². The van der Waals surface area contributed by atoms with Crippen LogP contribution in [-0.4, -0.2) is 118 Å². The van der Waals surface area contributed by atoms with Gasteiger partial charge in [-0.3, -0.25) is 4.90 Å². The van der Waals surface area contributed by atoms with E-state index in [-0.39, 0.29) is 30.0 Å². The fourth-order valence-corrected chi connectivity index (χ4v) is 6.92. The van der Waals surface area contributed by atoms with E-state index in [4.69, 9.17) is 19.9 Å². The van der Waals surface area contributed by atoms with Crippen LogP contribution >= 0.6 is 0 Å². The first-order valence-electron chi connectivity index (χ1n) is 15.2. The number of hydrogen-bond donors (Lipinski definition) is 3. The molecule has 1 unspecified atom stereocenters. The smallest absolute Gasteiger partial charge is 0.407 e. The van der Waals surface area contributed by atoms with E-state index in [2.05, 4.69) is 10.2 Å². The van der Waals surface area contributed by atoms with Gasteiger partial charge in [0.2, 0.25) is 16.4 Å². The van der Waals surface area contributed by atoms with Gasteiger partial charge in [-0.25, -0.2) is 13.2 Å². The van der Waals surface area contributed by atoms with Crippen molar-refractivity contribution >= 4 is 21.8 Å². The monoisotopic (exact) mass is 633 g/mol. The summed E-state index contributed by atoms with van der Waals surface area (Å²) >= 11 is 0. The van der Waals surface area contributed by atoms with Gasteiger partial charge >= 0.3 is 6.09 Å². The number of aliphatic hydroxyl groups is 1. The van der Waals surface area contributed by atoms with E-state index in [1.807, 2.05) is 56.1 Å². The number of amides is 1. The molecule has 12 nitrogen and oxygen atoms in total. The molecular weight excluding hydrogens is 586 g/mol. The highest BCUT2D eigenvalue weighted by atomic mass is 32.2. The van der Waals surface area contributed by atoms with E-state index in [0.29, 0.717) is 44.8 Å². The number of nitrogens with two attached hydrogens (primary N) is 1. The second-order valence-electron chi connectivity index (χ2n) is 12.0. The molecular formula is C31H47N5O7S. The van der Waals surface area contributed by atoms with Crippen molar-refractivity contribution in [2.24, 2.45) is 5.92 Å². The van der Waals surface area contributed by atoms with Gasteiger partial charge in [-0.2, -0.15) is 4.31 Å². The topological polar surface area (TPSA) is 147 Å². The Balaban J connectivity index is 1.66. The molecule has 2 aliphatic rings. The molecule has 244 valence electrons. The minimum Gasteiger partial charge on any atom is -0.444 e. The molecule has 2 saturated heterocycles. The Bertz CT molecular complexity index is 1270. The summed E-state index contributed by atoms with van der Waals surface area (Å²) in [4.78, 5) is 17.2. The van der Waals surface area contributed by atoms with E-state index in [1.54, 1.807) is 12.1 Å². The maximum absolute atomic E-state index is 14.0. The number of aliphatic hydroxyl groups excluding tert-OH is 1. The third kappa shape index (κ3) is 9.86. The molecule has 2 aliphatic heterocycles. The van der Waals surface area contributed by atoms with Gasteiger partial charge in [0.1, 0.15) is 6.10 Å². The Labute approximate surface area is 261 Å². The average molecular weight is 634 g/mol. The Morgan fingerprint density at radius 1 is 1.09 bits per heavy atom. The van der Waals surface area contributed by atoms with Gasteiger partial charge in [0.15, 0.2) is 0 Å². The molecule has 2 aromatic carbocycles. The normalized spacial score (nSPS) is 20.5. The number of sulfonamides is 1. The molecule has 0 saturated carbocycles. The summed E-state index contributed by atoms with van der Waals surface area (Å²) in [5.41, 5.74) is 7.19. The zero-order chi connectivity index (χ0) is 31.7. The van der Waals surface area contributed by atoms with E-state index in [1.165, 1.54) is 16.4 Å². The van der Waals surface area contributed by atoms with Crippen LogP contribution in [0, 0.1) is 5.92 Å². The number of nitrogens with zero attached hydrogens (tertiary/aromatic N) is 3. The molecule has 0 spiro atoms. The third-order valence-corrected chi connectivity index (χ3v) is 9.67. The Morgan fingerprint density at radius 2 is 1.77 bits per heavy atom. The summed E-state index contributed by atoms with van der Waals surface area (Å²) in [6.07, 6.45) is -2.37. The third-order valence-electron chi connectivity index (χ3n) is 7.83. The number of carbonyl (C=O) groups excluding carboxylic acids is 1. The van der Waals surface area contributed by atoms with Crippen molar-refractivity contribution in [3.05, 3.63) is 60.2 Å². The number of rotatable bonds is 14. The summed E-state index contributed by atoms with van der Waals surface area (Å²) in [6, 6.07) is 14.9. The van der Waals surface area contributed by atoms with Gasteiger partial charge in [-0.15, -0.1) is 0 Å². The highest BCUT2D eigenvalue weighted by molar-refractivity contribution is 7.89. The summed E-state index contributed by atoms with van der Waals surface area (Å²) in [5, 5.41) is 14.2. The van der Waals surface area contributed by atoms with Gasteiger partial charge in [0.05, 0.1) is 30.3 Å². The molecule has 44 heavy (non-hydrogen) atoms. The molecule has 0 aromatic heterocycles. The van der Waals surface area contributed by atoms with Gasteiger partial charge < -0.3 is 35.3 Å². The van der Waals surface area contributed by atoms with Crippen LogP contribution in [0.1, 0.15) is 25.8 Å². The highest BCUT2D eigenvalue weighted by Gasteiger charge is 2.36. The van der Waals surface area contributed by atoms with Crippen molar-refractivity contribution in [2.45, 2.75) is 56.2 Å². The highest BCUT2D eigenvalue weighted by Crippen LogP contribution is 2.23.